The van der Waals surface area contributed by atoms with E-state index in [2.05, 4.69) is 69.4 Å². The molecule has 0 radical (unpaired) electrons. The third kappa shape index (κ3) is 4.48. The molecular weight excluding hydrogens is 302 g/mol. The topological polar surface area (TPSA) is 21.1 Å². The van der Waals surface area contributed by atoms with Gasteiger partial charge < -0.3 is 0 Å². The average molecular weight is 322 g/mol. The zero-order valence-corrected chi connectivity index (χ0v) is 12.9. The van der Waals surface area contributed by atoms with Gasteiger partial charge in [-0.3, -0.25) is 9.58 Å². The van der Waals surface area contributed by atoms with Crippen molar-refractivity contribution in [3.63, 3.8) is 0 Å². The predicted octanol–water partition coefficient (Wildman–Crippen LogP) is 3.30. The summed E-state index contributed by atoms with van der Waals surface area (Å²) < 4.78 is 1.98. The van der Waals surface area contributed by atoms with Gasteiger partial charge in [-0.15, -0.1) is 0 Å². The number of halogens is 1. The maximum atomic E-state index is 4.33. The number of hydrogen-bond acceptors (Lipinski definition) is 2. The van der Waals surface area contributed by atoms with Gasteiger partial charge in [0.2, 0.25) is 0 Å². The lowest BCUT2D eigenvalue weighted by Gasteiger charge is -2.20. The Morgan fingerprint density at radius 3 is 2.53 bits per heavy atom. The van der Waals surface area contributed by atoms with Gasteiger partial charge >= 0.3 is 0 Å². The number of benzene rings is 1. The Balaban J connectivity index is 1.99. The van der Waals surface area contributed by atoms with E-state index in [1.54, 1.807) is 0 Å². The molecule has 3 nitrogen and oxygen atoms in total. The number of nitrogens with zero attached hydrogens (tertiary/aromatic N) is 3. The van der Waals surface area contributed by atoms with Crippen LogP contribution >= 0.6 is 15.9 Å². The van der Waals surface area contributed by atoms with Crippen molar-refractivity contribution in [1.29, 1.82) is 0 Å². The first-order chi connectivity index (χ1) is 9.31. The molecule has 19 heavy (non-hydrogen) atoms. The Hall–Kier alpha value is -1.13. The molecule has 0 spiro atoms. The molecule has 0 aliphatic carbocycles. The van der Waals surface area contributed by atoms with Crippen molar-refractivity contribution >= 4 is 15.9 Å². The van der Waals surface area contributed by atoms with Crippen molar-refractivity contribution in [1.82, 2.24) is 14.7 Å². The summed E-state index contributed by atoms with van der Waals surface area (Å²) in [5.41, 5.74) is 2.63. The minimum atomic E-state index is 0.928. The number of aryl methyl sites for hydroxylation is 1. The zero-order valence-electron chi connectivity index (χ0n) is 11.3. The predicted molar refractivity (Wildman–Crippen MR) is 82.3 cm³/mol. The molecule has 0 N–H and O–H groups in total. The van der Waals surface area contributed by atoms with E-state index in [9.17, 15) is 0 Å². The first kappa shape index (κ1) is 14.3. The van der Waals surface area contributed by atoms with Gasteiger partial charge in [0, 0.05) is 43.3 Å². The van der Waals surface area contributed by atoms with E-state index in [1.165, 1.54) is 11.1 Å². The molecule has 1 aromatic heterocycles. The summed E-state index contributed by atoms with van der Waals surface area (Å²) >= 11 is 3.53. The highest BCUT2D eigenvalue weighted by atomic mass is 79.9. The summed E-state index contributed by atoms with van der Waals surface area (Å²) in [6, 6.07) is 10.6. The molecule has 4 heteroatoms. The van der Waals surface area contributed by atoms with Crippen LogP contribution in [0.15, 0.2) is 42.7 Å². The molecule has 0 unspecified atom stereocenters. The fourth-order valence-electron chi connectivity index (χ4n) is 2.09. The van der Waals surface area contributed by atoms with Crippen LogP contribution in [0, 0.1) is 0 Å². The van der Waals surface area contributed by atoms with Gasteiger partial charge in [0.15, 0.2) is 0 Å². The zero-order chi connectivity index (χ0) is 13.5. The first-order valence-electron chi connectivity index (χ1n) is 6.65. The molecule has 0 aliphatic rings. The second-order valence-corrected chi connectivity index (χ2v) is 5.38. The summed E-state index contributed by atoms with van der Waals surface area (Å²) in [5.74, 6) is 0. The van der Waals surface area contributed by atoms with Crippen molar-refractivity contribution in [3.8, 4) is 0 Å². The Bertz CT molecular complexity index is 481. The number of aromatic nitrogens is 2. The fraction of sp³-hybridized carbons (Fsp3) is 0.400. The van der Waals surface area contributed by atoms with Crippen molar-refractivity contribution < 1.29 is 0 Å². The summed E-state index contributed by atoms with van der Waals surface area (Å²) in [6.07, 6.45) is 4.10. The SMILES string of the molecule is CCn1cc(CN(CCBr)Cc2ccccc2)cn1. The molecule has 0 aliphatic heterocycles. The van der Waals surface area contributed by atoms with E-state index in [1.807, 2.05) is 10.9 Å². The molecule has 0 bridgehead atoms. The number of rotatable bonds is 7. The van der Waals surface area contributed by atoms with Crippen molar-refractivity contribution in [2.45, 2.75) is 26.6 Å². The average Bonchev–Trinajstić information content (AvgIpc) is 2.88. The highest BCUT2D eigenvalue weighted by Crippen LogP contribution is 2.10. The van der Waals surface area contributed by atoms with Gasteiger partial charge in [-0.05, 0) is 12.5 Å². The van der Waals surface area contributed by atoms with Gasteiger partial charge in [0.05, 0.1) is 6.20 Å². The molecule has 102 valence electrons. The molecule has 1 aromatic carbocycles. The second kappa shape index (κ2) is 7.46. The monoisotopic (exact) mass is 321 g/mol. The van der Waals surface area contributed by atoms with Crippen LogP contribution < -0.4 is 0 Å². The van der Waals surface area contributed by atoms with E-state index < -0.39 is 0 Å². The van der Waals surface area contributed by atoms with Crippen LogP contribution in [0.2, 0.25) is 0 Å². The Labute approximate surface area is 123 Å². The molecular formula is C15H20BrN3. The summed E-state index contributed by atoms with van der Waals surface area (Å²) in [5, 5.41) is 5.32. The van der Waals surface area contributed by atoms with Gasteiger partial charge in [0.1, 0.15) is 0 Å². The smallest absolute Gasteiger partial charge is 0.0534 e. The van der Waals surface area contributed by atoms with Crippen LogP contribution in [0.4, 0.5) is 0 Å². The Kier molecular flexibility index (Phi) is 5.61. The Morgan fingerprint density at radius 2 is 1.89 bits per heavy atom. The lowest BCUT2D eigenvalue weighted by molar-refractivity contribution is 0.274. The number of hydrogen-bond donors (Lipinski definition) is 0. The standard InChI is InChI=1S/C15H20BrN3/c1-2-19-13-15(10-17-19)12-18(9-8-16)11-14-6-4-3-5-7-14/h3-7,10,13H,2,8-9,11-12H2,1H3. The summed E-state index contributed by atoms with van der Waals surface area (Å²) in [7, 11) is 0. The van der Waals surface area contributed by atoms with Crippen molar-refractivity contribution in [3.05, 3.63) is 53.9 Å². The normalized spacial score (nSPS) is 11.1. The maximum absolute atomic E-state index is 4.33. The second-order valence-electron chi connectivity index (χ2n) is 4.59. The summed E-state index contributed by atoms with van der Waals surface area (Å²) in [4.78, 5) is 2.43. The van der Waals surface area contributed by atoms with Crippen LogP contribution in [0.25, 0.3) is 0 Å². The fourth-order valence-corrected chi connectivity index (χ4v) is 2.60. The van der Waals surface area contributed by atoms with E-state index in [0.717, 1.165) is 31.5 Å². The van der Waals surface area contributed by atoms with Crippen LogP contribution in [0.1, 0.15) is 18.1 Å². The highest BCUT2D eigenvalue weighted by molar-refractivity contribution is 9.09. The third-order valence-corrected chi connectivity index (χ3v) is 3.42. The van der Waals surface area contributed by atoms with Crippen LogP contribution in [-0.4, -0.2) is 26.6 Å². The van der Waals surface area contributed by atoms with Crippen LogP contribution in [0.3, 0.4) is 0 Å². The maximum Gasteiger partial charge on any atom is 0.0534 e. The van der Waals surface area contributed by atoms with Gasteiger partial charge in [-0.2, -0.15) is 5.10 Å². The largest absolute Gasteiger partial charge is 0.294 e. The molecule has 0 amide bonds. The van der Waals surface area contributed by atoms with Crippen molar-refractivity contribution in [2.24, 2.45) is 0 Å². The van der Waals surface area contributed by atoms with E-state index in [0.29, 0.717) is 0 Å². The first-order valence-corrected chi connectivity index (χ1v) is 7.77. The third-order valence-electron chi connectivity index (χ3n) is 3.07. The van der Waals surface area contributed by atoms with E-state index >= 15 is 0 Å². The van der Waals surface area contributed by atoms with Crippen molar-refractivity contribution in [2.75, 3.05) is 11.9 Å². The van der Waals surface area contributed by atoms with Crippen LogP contribution in [0.5, 0.6) is 0 Å². The minimum Gasteiger partial charge on any atom is -0.294 e. The molecule has 2 rings (SSSR count). The lowest BCUT2D eigenvalue weighted by Crippen LogP contribution is -2.24. The van der Waals surface area contributed by atoms with Gasteiger partial charge in [-0.1, -0.05) is 46.3 Å². The lowest BCUT2D eigenvalue weighted by atomic mass is 10.2. The molecule has 0 atom stereocenters. The highest BCUT2D eigenvalue weighted by Gasteiger charge is 2.07. The number of alkyl halides is 1. The molecule has 0 saturated carbocycles. The van der Waals surface area contributed by atoms with Gasteiger partial charge in [-0.25, -0.2) is 0 Å². The molecule has 1 heterocycles. The van der Waals surface area contributed by atoms with Crippen LogP contribution in [-0.2, 0) is 19.6 Å². The van der Waals surface area contributed by atoms with E-state index in [-0.39, 0.29) is 0 Å². The van der Waals surface area contributed by atoms with E-state index in [4.69, 9.17) is 0 Å². The summed E-state index contributed by atoms with van der Waals surface area (Å²) in [6.45, 7) is 5.99. The quantitative estimate of drug-likeness (QED) is 0.729. The molecule has 0 fully saturated rings. The Morgan fingerprint density at radius 1 is 1.16 bits per heavy atom. The molecule has 2 aromatic rings. The van der Waals surface area contributed by atoms with Gasteiger partial charge in [0.25, 0.3) is 0 Å². The molecule has 0 saturated heterocycles. The minimum absolute atomic E-state index is 0.928.